The quantitative estimate of drug-likeness (QED) is 0.603. The van der Waals surface area contributed by atoms with Gasteiger partial charge in [-0.1, -0.05) is 0 Å². The Morgan fingerprint density at radius 3 is 3.00 bits per heavy atom. The van der Waals surface area contributed by atoms with Gasteiger partial charge in [0, 0.05) is 18.2 Å². The van der Waals surface area contributed by atoms with E-state index in [1.54, 1.807) is 12.4 Å². The molecular formula is C8H12N4O. The van der Waals surface area contributed by atoms with Gasteiger partial charge in [-0.05, 0) is 12.8 Å². The van der Waals surface area contributed by atoms with Crippen LogP contribution in [0.2, 0.25) is 0 Å². The number of carbonyl (C=O) groups excluding carboxylic acids is 1. The Morgan fingerprint density at radius 1 is 1.69 bits per heavy atom. The van der Waals surface area contributed by atoms with Crippen LogP contribution < -0.4 is 11.1 Å². The number of nitrogens with zero attached hydrogens (tertiary/aromatic N) is 1. The number of hydrogen-bond acceptors (Lipinski definition) is 3. The Bertz CT molecular complexity index is 289. The maximum atomic E-state index is 11.4. The molecule has 0 radical (unpaired) electrons. The van der Waals surface area contributed by atoms with E-state index in [0.717, 1.165) is 12.8 Å². The second-order valence-electron chi connectivity index (χ2n) is 3.40. The van der Waals surface area contributed by atoms with Gasteiger partial charge in [0.25, 0.3) is 0 Å². The molecule has 1 fully saturated rings. The van der Waals surface area contributed by atoms with E-state index in [-0.39, 0.29) is 17.9 Å². The van der Waals surface area contributed by atoms with Crippen LogP contribution in [0.15, 0.2) is 12.4 Å². The summed E-state index contributed by atoms with van der Waals surface area (Å²) in [6.07, 6.45) is 4.82. The predicted molar refractivity (Wildman–Crippen MR) is 47.9 cm³/mol. The first kappa shape index (κ1) is 8.25. The van der Waals surface area contributed by atoms with E-state index in [4.69, 9.17) is 5.73 Å². The molecule has 5 heteroatoms. The lowest BCUT2D eigenvalue weighted by Crippen LogP contribution is -2.42. The monoisotopic (exact) mass is 180 g/mol. The Hall–Kier alpha value is -1.36. The Labute approximate surface area is 75.7 Å². The van der Waals surface area contributed by atoms with Crippen LogP contribution in [0.1, 0.15) is 12.8 Å². The Kier molecular flexibility index (Phi) is 2.02. The van der Waals surface area contributed by atoms with Gasteiger partial charge in [-0.2, -0.15) is 5.10 Å². The molecule has 0 unspecified atom stereocenters. The maximum absolute atomic E-state index is 11.4. The number of hydrogen-bond donors (Lipinski definition) is 3. The molecule has 2 rings (SSSR count). The highest BCUT2D eigenvalue weighted by molar-refractivity contribution is 5.92. The van der Waals surface area contributed by atoms with Gasteiger partial charge in [-0.15, -0.1) is 0 Å². The lowest BCUT2D eigenvalue weighted by atomic mass is 9.80. The number of anilines is 1. The van der Waals surface area contributed by atoms with Crippen molar-refractivity contribution in [3.05, 3.63) is 12.4 Å². The average molecular weight is 180 g/mol. The van der Waals surface area contributed by atoms with Crippen LogP contribution in [0.5, 0.6) is 0 Å². The number of H-pyrrole nitrogens is 1. The number of nitrogens with one attached hydrogen (secondary N) is 2. The van der Waals surface area contributed by atoms with E-state index in [1.807, 2.05) is 0 Å². The van der Waals surface area contributed by atoms with Crippen LogP contribution in [0, 0.1) is 5.92 Å². The highest BCUT2D eigenvalue weighted by atomic mass is 16.1. The molecule has 1 amide bonds. The van der Waals surface area contributed by atoms with E-state index in [0.29, 0.717) is 5.69 Å². The van der Waals surface area contributed by atoms with E-state index in [1.165, 1.54) is 0 Å². The smallest absolute Gasteiger partial charge is 0.227 e. The van der Waals surface area contributed by atoms with Crippen molar-refractivity contribution in [3.63, 3.8) is 0 Å². The molecule has 5 nitrogen and oxygen atoms in total. The lowest BCUT2D eigenvalue weighted by Gasteiger charge is -2.30. The average Bonchev–Trinajstić information content (AvgIpc) is 2.51. The van der Waals surface area contributed by atoms with Gasteiger partial charge >= 0.3 is 0 Å². The summed E-state index contributed by atoms with van der Waals surface area (Å²) in [5.41, 5.74) is 6.29. The number of aromatic amines is 1. The normalized spacial score (nSPS) is 26.5. The summed E-state index contributed by atoms with van der Waals surface area (Å²) in [5.74, 6) is 0.132. The van der Waals surface area contributed by atoms with Crippen molar-refractivity contribution in [1.82, 2.24) is 10.2 Å². The van der Waals surface area contributed by atoms with Crippen LogP contribution in [0.25, 0.3) is 0 Å². The fraction of sp³-hybridized carbons (Fsp3) is 0.500. The molecular weight excluding hydrogens is 168 g/mol. The van der Waals surface area contributed by atoms with Crippen LogP contribution in [0.3, 0.4) is 0 Å². The summed E-state index contributed by atoms with van der Waals surface area (Å²) in [7, 11) is 0. The molecule has 1 aliphatic carbocycles. The molecule has 1 saturated carbocycles. The first-order valence-electron chi connectivity index (χ1n) is 4.31. The van der Waals surface area contributed by atoms with Crippen molar-refractivity contribution in [2.45, 2.75) is 18.9 Å². The van der Waals surface area contributed by atoms with Crippen molar-refractivity contribution >= 4 is 11.6 Å². The number of amides is 1. The third-order valence-corrected chi connectivity index (χ3v) is 2.31. The molecule has 0 aliphatic heterocycles. The summed E-state index contributed by atoms with van der Waals surface area (Å²) >= 11 is 0. The molecule has 1 aromatic heterocycles. The van der Waals surface area contributed by atoms with E-state index in [9.17, 15) is 4.79 Å². The summed E-state index contributed by atoms with van der Waals surface area (Å²) in [4.78, 5) is 11.4. The largest absolute Gasteiger partial charge is 0.328 e. The summed E-state index contributed by atoms with van der Waals surface area (Å²) in [6, 6.07) is 0.208. The summed E-state index contributed by atoms with van der Waals surface area (Å²) in [6.45, 7) is 0. The fourth-order valence-corrected chi connectivity index (χ4v) is 1.44. The SMILES string of the molecule is NC1CC(C(=O)Nc2cn[nH]c2)C1. The van der Waals surface area contributed by atoms with Crippen LogP contribution in [0.4, 0.5) is 5.69 Å². The molecule has 0 spiro atoms. The molecule has 1 aliphatic rings. The van der Waals surface area contributed by atoms with Crippen molar-refractivity contribution in [2.24, 2.45) is 11.7 Å². The Morgan fingerprint density at radius 2 is 2.46 bits per heavy atom. The number of rotatable bonds is 2. The number of carbonyl (C=O) groups is 1. The zero-order valence-electron chi connectivity index (χ0n) is 7.16. The highest BCUT2D eigenvalue weighted by Gasteiger charge is 2.31. The second-order valence-corrected chi connectivity index (χ2v) is 3.40. The molecule has 70 valence electrons. The van der Waals surface area contributed by atoms with Gasteiger partial charge in [0.1, 0.15) is 0 Å². The Balaban J connectivity index is 1.86. The van der Waals surface area contributed by atoms with Crippen molar-refractivity contribution in [3.8, 4) is 0 Å². The van der Waals surface area contributed by atoms with E-state index in [2.05, 4.69) is 15.5 Å². The molecule has 0 bridgehead atoms. The minimum Gasteiger partial charge on any atom is -0.328 e. The molecule has 0 aromatic carbocycles. The predicted octanol–water partition coefficient (Wildman–Crippen LogP) is 0.0855. The third kappa shape index (κ3) is 1.70. The lowest BCUT2D eigenvalue weighted by molar-refractivity contribution is -0.122. The first-order chi connectivity index (χ1) is 6.25. The fourth-order valence-electron chi connectivity index (χ4n) is 1.44. The van der Waals surface area contributed by atoms with Gasteiger partial charge in [-0.3, -0.25) is 9.89 Å². The van der Waals surface area contributed by atoms with Gasteiger partial charge in [0.15, 0.2) is 0 Å². The van der Waals surface area contributed by atoms with Crippen molar-refractivity contribution in [2.75, 3.05) is 5.32 Å². The minimum absolute atomic E-state index is 0.0445. The van der Waals surface area contributed by atoms with Crippen molar-refractivity contribution in [1.29, 1.82) is 0 Å². The molecule has 1 aromatic rings. The molecule has 0 saturated heterocycles. The number of aromatic nitrogens is 2. The van der Waals surface area contributed by atoms with Crippen LogP contribution >= 0.6 is 0 Å². The second kappa shape index (κ2) is 3.18. The standard InChI is InChI=1S/C8H12N4O/c9-6-1-5(2-6)8(13)12-7-3-10-11-4-7/h3-6H,1-2,9H2,(H,10,11)(H,12,13). The van der Waals surface area contributed by atoms with E-state index < -0.39 is 0 Å². The molecule has 4 N–H and O–H groups in total. The number of nitrogens with two attached hydrogens (primary N) is 1. The molecule has 0 atom stereocenters. The molecule has 13 heavy (non-hydrogen) atoms. The summed E-state index contributed by atoms with van der Waals surface area (Å²) < 4.78 is 0. The minimum atomic E-state index is 0.0445. The van der Waals surface area contributed by atoms with Gasteiger partial charge in [0.05, 0.1) is 11.9 Å². The third-order valence-electron chi connectivity index (χ3n) is 2.31. The first-order valence-corrected chi connectivity index (χ1v) is 4.31. The highest BCUT2D eigenvalue weighted by Crippen LogP contribution is 2.26. The van der Waals surface area contributed by atoms with E-state index >= 15 is 0 Å². The van der Waals surface area contributed by atoms with Gasteiger partial charge in [-0.25, -0.2) is 0 Å². The van der Waals surface area contributed by atoms with Gasteiger partial charge in [0.2, 0.25) is 5.91 Å². The van der Waals surface area contributed by atoms with Gasteiger partial charge < -0.3 is 11.1 Å². The molecule has 1 heterocycles. The topological polar surface area (TPSA) is 83.8 Å². The van der Waals surface area contributed by atoms with Crippen LogP contribution in [-0.2, 0) is 4.79 Å². The zero-order chi connectivity index (χ0) is 9.26. The van der Waals surface area contributed by atoms with Crippen LogP contribution in [-0.4, -0.2) is 22.1 Å². The van der Waals surface area contributed by atoms with Crippen molar-refractivity contribution < 1.29 is 4.79 Å². The summed E-state index contributed by atoms with van der Waals surface area (Å²) in [5, 5.41) is 9.11. The maximum Gasteiger partial charge on any atom is 0.227 e. The zero-order valence-corrected chi connectivity index (χ0v) is 7.16.